The van der Waals surface area contributed by atoms with Gasteiger partial charge in [0.2, 0.25) is 0 Å². The van der Waals surface area contributed by atoms with Crippen LogP contribution in [0, 0.1) is 6.92 Å². The Kier molecular flexibility index (Phi) is 3.87. The van der Waals surface area contributed by atoms with E-state index in [9.17, 15) is 13.6 Å². The molecule has 0 fully saturated rings. The zero-order valence-corrected chi connectivity index (χ0v) is 13.8. The number of ether oxygens (including phenoxy) is 1. The number of carbonyl (C=O) groups is 1. The zero-order valence-electron chi connectivity index (χ0n) is 13.8. The van der Waals surface area contributed by atoms with Crippen LogP contribution in [-0.4, -0.2) is 24.9 Å². The molecule has 0 aliphatic rings. The summed E-state index contributed by atoms with van der Waals surface area (Å²) >= 11 is 0. The fourth-order valence-corrected chi connectivity index (χ4v) is 2.86. The van der Waals surface area contributed by atoms with E-state index < -0.39 is 12.5 Å². The molecule has 4 aromatic rings. The number of alkyl halides is 2. The van der Waals surface area contributed by atoms with Crippen molar-refractivity contribution >= 4 is 22.6 Å². The Morgan fingerprint density at radius 2 is 1.96 bits per heavy atom. The second kappa shape index (κ2) is 6.21. The summed E-state index contributed by atoms with van der Waals surface area (Å²) in [4.78, 5) is 20.6. The molecule has 0 spiro atoms. The van der Waals surface area contributed by atoms with Crippen molar-refractivity contribution in [2.75, 3.05) is 0 Å². The molecule has 1 aromatic carbocycles. The van der Waals surface area contributed by atoms with Gasteiger partial charge in [-0.05, 0) is 31.2 Å². The third-order valence-corrected chi connectivity index (χ3v) is 4.10. The molecular formula is C18H14F2N4O2. The molecule has 0 amide bonds. The summed E-state index contributed by atoms with van der Waals surface area (Å²) in [5.74, 6) is -0.713. The van der Waals surface area contributed by atoms with Gasteiger partial charge in [0.05, 0.1) is 11.0 Å². The van der Waals surface area contributed by atoms with Gasteiger partial charge < -0.3 is 9.14 Å². The number of rotatable bonds is 4. The van der Waals surface area contributed by atoms with Crippen molar-refractivity contribution < 1.29 is 18.3 Å². The van der Waals surface area contributed by atoms with E-state index in [1.54, 1.807) is 40.9 Å². The molecule has 0 unspecified atom stereocenters. The molecule has 0 saturated carbocycles. The fraction of sp³-hybridized carbons (Fsp3) is 0.167. The first kappa shape index (κ1) is 16.2. The van der Waals surface area contributed by atoms with E-state index in [1.165, 1.54) is 0 Å². The predicted octanol–water partition coefficient (Wildman–Crippen LogP) is 3.74. The second-order valence-electron chi connectivity index (χ2n) is 5.76. The van der Waals surface area contributed by atoms with Crippen LogP contribution in [0.5, 0.6) is 0 Å². The third-order valence-electron chi connectivity index (χ3n) is 4.10. The number of imidazole rings is 2. The van der Waals surface area contributed by atoms with E-state index in [0.29, 0.717) is 11.2 Å². The first-order valence-electron chi connectivity index (χ1n) is 7.90. The van der Waals surface area contributed by atoms with Crippen LogP contribution >= 0.6 is 0 Å². The number of para-hydroxylation sites is 2. The quantitative estimate of drug-likeness (QED) is 0.523. The van der Waals surface area contributed by atoms with Gasteiger partial charge in [0.1, 0.15) is 12.3 Å². The number of benzene rings is 1. The van der Waals surface area contributed by atoms with Gasteiger partial charge in [0, 0.05) is 11.9 Å². The highest BCUT2D eigenvalue weighted by Gasteiger charge is 2.20. The van der Waals surface area contributed by atoms with Crippen LogP contribution in [0.3, 0.4) is 0 Å². The topological polar surface area (TPSA) is 61.4 Å². The summed E-state index contributed by atoms with van der Waals surface area (Å²) in [5.41, 5.74) is 2.34. The van der Waals surface area contributed by atoms with Crippen molar-refractivity contribution in [1.82, 2.24) is 18.9 Å². The van der Waals surface area contributed by atoms with E-state index in [2.05, 4.69) is 9.97 Å². The minimum absolute atomic E-state index is 0.0190. The summed E-state index contributed by atoms with van der Waals surface area (Å²) in [7, 11) is 0. The van der Waals surface area contributed by atoms with Gasteiger partial charge in [-0.1, -0.05) is 18.2 Å². The molecule has 3 heterocycles. The Balaban J connectivity index is 1.60. The molecule has 0 radical (unpaired) electrons. The van der Waals surface area contributed by atoms with Crippen LogP contribution in [0.25, 0.3) is 16.7 Å². The molecule has 0 bridgehead atoms. The van der Waals surface area contributed by atoms with Gasteiger partial charge in [-0.25, -0.2) is 14.8 Å². The van der Waals surface area contributed by atoms with Crippen LogP contribution < -0.4 is 0 Å². The summed E-state index contributed by atoms with van der Waals surface area (Å²) in [5, 5.41) is 0. The highest BCUT2D eigenvalue weighted by Crippen LogP contribution is 2.23. The Morgan fingerprint density at radius 3 is 2.73 bits per heavy atom. The van der Waals surface area contributed by atoms with Crippen molar-refractivity contribution in [2.24, 2.45) is 0 Å². The van der Waals surface area contributed by atoms with Crippen molar-refractivity contribution in [3.63, 3.8) is 0 Å². The number of nitrogens with zero attached hydrogens (tertiary/aromatic N) is 4. The average Bonchev–Trinajstić information content (AvgIpc) is 3.21. The highest BCUT2D eigenvalue weighted by molar-refractivity contribution is 5.88. The van der Waals surface area contributed by atoms with Gasteiger partial charge in [0.15, 0.2) is 11.5 Å². The third kappa shape index (κ3) is 2.69. The number of carbonyl (C=O) groups excluding carboxylic acids is 1. The Hall–Kier alpha value is -3.29. The Labute approximate surface area is 146 Å². The molecule has 4 rings (SSSR count). The Bertz CT molecular complexity index is 1120. The molecule has 0 aliphatic carbocycles. The second-order valence-corrected chi connectivity index (χ2v) is 5.76. The molecule has 0 aliphatic heterocycles. The van der Waals surface area contributed by atoms with E-state index in [0.717, 1.165) is 10.3 Å². The maximum Gasteiger partial charge on any atom is 0.359 e. The molecular weight excluding hydrogens is 342 g/mol. The van der Waals surface area contributed by atoms with Gasteiger partial charge >= 0.3 is 12.5 Å². The van der Waals surface area contributed by atoms with Gasteiger partial charge in [-0.15, -0.1) is 0 Å². The standard InChI is InChI=1S/C18H14F2N4O2/c1-11-5-4-8-15-22-13(9-23(11)15)17(25)26-10-16-21-12-6-2-3-7-14(12)24(16)18(19)20/h2-9,18H,10H2,1H3. The van der Waals surface area contributed by atoms with Crippen molar-refractivity contribution in [3.8, 4) is 0 Å². The van der Waals surface area contributed by atoms with Crippen molar-refractivity contribution in [1.29, 1.82) is 0 Å². The molecule has 0 saturated heterocycles. The van der Waals surface area contributed by atoms with E-state index in [4.69, 9.17) is 4.74 Å². The summed E-state index contributed by atoms with van der Waals surface area (Å²) in [6.07, 6.45) is 1.56. The average molecular weight is 356 g/mol. The highest BCUT2D eigenvalue weighted by atomic mass is 19.3. The monoisotopic (exact) mass is 356 g/mol. The van der Waals surface area contributed by atoms with Gasteiger partial charge in [-0.2, -0.15) is 8.78 Å². The summed E-state index contributed by atoms with van der Waals surface area (Å²) in [6.45, 7) is -1.27. The normalized spacial score (nSPS) is 11.5. The minimum atomic E-state index is -2.78. The maximum absolute atomic E-state index is 13.4. The lowest BCUT2D eigenvalue weighted by Crippen LogP contribution is -2.11. The number of hydrogen-bond donors (Lipinski definition) is 0. The van der Waals surface area contributed by atoms with E-state index in [1.807, 2.05) is 19.1 Å². The maximum atomic E-state index is 13.4. The van der Waals surface area contributed by atoms with Gasteiger partial charge in [0.25, 0.3) is 0 Å². The fourth-order valence-electron chi connectivity index (χ4n) is 2.86. The lowest BCUT2D eigenvalue weighted by Gasteiger charge is -2.07. The van der Waals surface area contributed by atoms with E-state index in [-0.39, 0.29) is 23.6 Å². The van der Waals surface area contributed by atoms with Crippen LogP contribution in [0.4, 0.5) is 8.78 Å². The molecule has 26 heavy (non-hydrogen) atoms. The van der Waals surface area contributed by atoms with Gasteiger partial charge in [-0.3, -0.25) is 4.57 Å². The van der Waals surface area contributed by atoms with Crippen LogP contribution in [0.1, 0.15) is 28.6 Å². The molecule has 132 valence electrons. The first-order chi connectivity index (χ1) is 12.5. The van der Waals surface area contributed by atoms with Crippen LogP contribution in [0.15, 0.2) is 48.7 Å². The van der Waals surface area contributed by atoms with E-state index >= 15 is 0 Å². The van der Waals surface area contributed by atoms with Crippen LogP contribution in [0.2, 0.25) is 0 Å². The summed E-state index contributed by atoms with van der Waals surface area (Å²) in [6, 6.07) is 12.0. The molecule has 3 aromatic heterocycles. The summed E-state index contributed by atoms with van der Waals surface area (Å²) < 4.78 is 34.5. The van der Waals surface area contributed by atoms with Crippen molar-refractivity contribution in [3.05, 3.63) is 65.9 Å². The Morgan fingerprint density at radius 1 is 1.15 bits per heavy atom. The zero-order chi connectivity index (χ0) is 18.3. The number of aryl methyl sites for hydroxylation is 1. The number of hydrogen-bond acceptors (Lipinski definition) is 4. The number of esters is 1. The largest absolute Gasteiger partial charge is 0.453 e. The van der Waals surface area contributed by atoms with Crippen LogP contribution in [-0.2, 0) is 11.3 Å². The minimum Gasteiger partial charge on any atom is -0.453 e. The molecule has 8 heteroatoms. The molecule has 0 atom stereocenters. The lowest BCUT2D eigenvalue weighted by molar-refractivity contribution is 0.0382. The predicted molar refractivity (Wildman–Crippen MR) is 90.0 cm³/mol. The number of halogens is 2. The van der Waals surface area contributed by atoms with Crippen molar-refractivity contribution in [2.45, 2.75) is 20.1 Å². The number of pyridine rings is 1. The smallest absolute Gasteiger partial charge is 0.359 e. The first-order valence-corrected chi connectivity index (χ1v) is 7.90. The number of fused-ring (bicyclic) bond motifs is 2. The lowest BCUT2D eigenvalue weighted by atomic mass is 10.3. The molecule has 0 N–H and O–H groups in total. The molecule has 6 nitrogen and oxygen atoms in total. The number of aromatic nitrogens is 4. The SMILES string of the molecule is Cc1cccc2nc(C(=O)OCc3nc4ccccc4n3C(F)F)cn12.